The Balaban J connectivity index is 1.93. The SMILES string of the molecule is COc1ccc(-c2nc(C)cc(N3CCC(N)C3)n2)cc1. The zero-order valence-electron chi connectivity index (χ0n) is 12.4. The Hall–Kier alpha value is -2.14. The summed E-state index contributed by atoms with van der Waals surface area (Å²) in [7, 11) is 1.66. The molecule has 1 aromatic heterocycles. The van der Waals surface area contributed by atoms with Crippen LogP contribution in [0, 0.1) is 6.92 Å². The Bertz CT molecular complexity index is 627. The maximum Gasteiger partial charge on any atom is 0.161 e. The van der Waals surface area contributed by atoms with E-state index in [1.54, 1.807) is 7.11 Å². The fraction of sp³-hybridized carbons (Fsp3) is 0.375. The zero-order chi connectivity index (χ0) is 14.8. The number of benzene rings is 1. The Kier molecular flexibility index (Phi) is 3.75. The van der Waals surface area contributed by atoms with E-state index in [2.05, 4.69) is 9.88 Å². The number of hydrogen-bond acceptors (Lipinski definition) is 5. The summed E-state index contributed by atoms with van der Waals surface area (Å²) in [5.74, 6) is 2.53. The Morgan fingerprint density at radius 3 is 2.62 bits per heavy atom. The molecule has 0 saturated carbocycles. The maximum absolute atomic E-state index is 5.98. The van der Waals surface area contributed by atoms with Crippen molar-refractivity contribution >= 4 is 5.82 Å². The van der Waals surface area contributed by atoms with Gasteiger partial charge in [-0.05, 0) is 37.6 Å². The van der Waals surface area contributed by atoms with Crippen molar-refractivity contribution in [1.82, 2.24) is 9.97 Å². The molecule has 1 fully saturated rings. The van der Waals surface area contributed by atoms with Gasteiger partial charge in [-0.25, -0.2) is 9.97 Å². The molecule has 2 aromatic rings. The van der Waals surface area contributed by atoms with E-state index in [4.69, 9.17) is 15.5 Å². The summed E-state index contributed by atoms with van der Waals surface area (Å²) in [5, 5.41) is 0. The van der Waals surface area contributed by atoms with Crippen molar-refractivity contribution in [3.8, 4) is 17.1 Å². The minimum Gasteiger partial charge on any atom is -0.497 e. The lowest BCUT2D eigenvalue weighted by Gasteiger charge is -2.18. The quantitative estimate of drug-likeness (QED) is 0.934. The molecule has 1 aliphatic heterocycles. The van der Waals surface area contributed by atoms with Crippen LogP contribution in [0.15, 0.2) is 30.3 Å². The average molecular weight is 284 g/mol. The first-order valence-electron chi connectivity index (χ1n) is 7.16. The monoisotopic (exact) mass is 284 g/mol. The van der Waals surface area contributed by atoms with Crippen molar-refractivity contribution in [2.45, 2.75) is 19.4 Å². The van der Waals surface area contributed by atoms with Crippen LogP contribution in [0.2, 0.25) is 0 Å². The van der Waals surface area contributed by atoms with Gasteiger partial charge in [-0.15, -0.1) is 0 Å². The molecule has 0 bridgehead atoms. The van der Waals surface area contributed by atoms with Gasteiger partial charge in [0.15, 0.2) is 5.82 Å². The molecule has 2 N–H and O–H groups in total. The number of aromatic nitrogens is 2. The van der Waals surface area contributed by atoms with E-state index < -0.39 is 0 Å². The van der Waals surface area contributed by atoms with Gasteiger partial charge >= 0.3 is 0 Å². The lowest BCUT2D eigenvalue weighted by atomic mass is 10.2. The molecule has 2 heterocycles. The molecule has 5 heteroatoms. The molecule has 0 amide bonds. The smallest absolute Gasteiger partial charge is 0.161 e. The number of aryl methyl sites for hydroxylation is 1. The summed E-state index contributed by atoms with van der Waals surface area (Å²) in [5.41, 5.74) is 7.94. The second kappa shape index (κ2) is 5.69. The molecule has 0 spiro atoms. The Morgan fingerprint density at radius 2 is 2.00 bits per heavy atom. The molecular weight excluding hydrogens is 264 g/mol. The van der Waals surface area contributed by atoms with Gasteiger partial charge in [0.05, 0.1) is 7.11 Å². The van der Waals surface area contributed by atoms with Crippen LogP contribution in [0.5, 0.6) is 5.75 Å². The van der Waals surface area contributed by atoms with Gasteiger partial charge in [0.1, 0.15) is 11.6 Å². The minimum absolute atomic E-state index is 0.240. The van der Waals surface area contributed by atoms with Crippen molar-refractivity contribution < 1.29 is 4.74 Å². The first-order chi connectivity index (χ1) is 10.2. The van der Waals surface area contributed by atoms with Crippen molar-refractivity contribution in [3.05, 3.63) is 36.0 Å². The lowest BCUT2D eigenvalue weighted by molar-refractivity contribution is 0.415. The maximum atomic E-state index is 5.98. The molecule has 3 rings (SSSR count). The summed E-state index contributed by atoms with van der Waals surface area (Å²) in [4.78, 5) is 11.5. The van der Waals surface area contributed by atoms with Gasteiger partial charge in [-0.3, -0.25) is 0 Å². The minimum atomic E-state index is 0.240. The number of nitrogens with two attached hydrogens (primary N) is 1. The molecule has 21 heavy (non-hydrogen) atoms. The van der Waals surface area contributed by atoms with Crippen molar-refractivity contribution in [3.63, 3.8) is 0 Å². The highest BCUT2D eigenvalue weighted by Gasteiger charge is 2.21. The van der Waals surface area contributed by atoms with Crippen LogP contribution in [-0.2, 0) is 0 Å². The van der Waals surface area contributed by atoms with E-state index in [1.807, 2.05) is 37.3 Å². The summed E-state index contributed by atoms with van der Waals surface area (Å²) < 4.78 is 5.18. The van der Waals surface area contributed by atoms with Crippen LogP contribution in [0.4, 0.5) is 5.82 Å². The van der Waals surface area contributed by atoms with Gasteiger partial charge in [-0.1, -0.05) is 0 Å². The number of hydrogen-bond donors (Lipinski definition) is 1. The van der Waals surface area contributed by atoms with Gasteiger partial charge in [0.2, 0.25) is 0 Å². The molecule has 0 aliphatic carbocycles. The Labute approximate surface area is 124 Å². The summed E-state index contributed by atoms with van der Waals surface area (Å²) >= 11 is 0. The zero-order valence-corrected chi connectivity index (χ0v) is 12.4. The highest BCUT2D eigenvalue weighted by molar-refractivity contribution is 5.59. The number of methoxy groups -OCH3 is 1. The van der Waals surface area contributed by atoms with Crippen molar-refractivity contribution in [2.24, 2.45) is 5.73 Å². The van der Waals surface area contributed by atoms with Crippen molar-refractivity contribution in [1.29, 1.82) is 0 Å². The lowest BCUT2D eigenvalue weighted by Crippen LogP contribution is -2.27. The molecular formula is C16H20N4O. The molecule has 110 valence electrons. The third-order valence-electron chi connectivity index (χ3n) is 3.74. The molecule has 1 unspecified atom stereocenters. The molecule has 1 atom stereocenters. The first kappa shape index (κ1) is 13.8. The number of ether oxygens (including phenoxy) is 1. The number of nitrogens with zero attached hydrogens (tertiary/aromatic N) is 3. The van der Waals surface area contributed by atoms with Crippen LogP contribution >= 0.6 is 0 Å². The largest absolute Gasteiger partial charge is 0.497 e. The molecule has 1 saturated heterocycles. The molecule has 1 aromatic carbocycles. The predicted octanol–water partition coefficient (Wildman–Crippen LogP) is 2.00. The van der Waals surface area contributed by atoms with Gasteiger partial charge in [0, 0.05) is 36.5 Å². The average Bonchev–Trinajstić information content (AvgIpc) is 2.93. The fourth-order valence-electron chi connectivity index (χ4n) is 2.58. The standard InChI is InChI=1S/C16H20N4O/c1-11-9-15(20-8-7-13(17)10-20)19-16(18-11)12-3-5-14(21-2)6-4-12/h3-6,9,13H,7-8,10,17H2,1-2H3. The van der Waals surface area contributed by atoms with Crippen LogP contribution < -0.4 is 15.4 Å². The highest BCUT2D eigenvalue weighted by Crippen LogP contribution is 2.24. The first-order valence-corrected chi connectivity index (χ1v) is 7.16. The fourth-order valence-corrected chi connectivity index (χ4v) is 2.58. The third kappa shape index (κ3) is 2.97. The van der Waals surface area contributed by atoms with Crippen LogP contribution in [0.3, 0.4) is 0 Å². The van der Waals surface area contributed by atoms with E-state index in [0.717, 1.165) is 48.2 Å². The second-order valence-corrected chi connectivity index (χ2v) is 5.41. The van der Waals surface area contributed by atoms with E-state index >= 15 is 0 Å². The number of rotatable bonds is 3. The molecule has 1 aliphatic rings. The van der Waals surface area contributed by atoms with Crippen molar-refractivity contribution in [2.75, 3.05) is 25.1 Å². The third-order valence-corrected chi connectivity index (χ3v) is 3.74. The normalized spacial score (nSPS) is 18.0. The van der Waals surface area contributed by atoms with E-state index in [-0.39, 0.29) is 6.04 Å². The van der Waals surface area contributed by atoms with Gasteiger partial charge in [0.25, 0.3) is 0 Å². The van der Waals surface area contributed by atoms with E-state index in [1.165, 1.54) is 0 Å². The highest BCUT2D eigenvalue weighted by atomic mass is 16.5. The molecule has 0 radical (unpaired) electrons. The summed E-state index contributed by atoms with van der Waals surface area (Å²) in [6.07, 6.45) is 1.01. The van der Waals surface area contributed by atoms with E-state index in [0.29, 0.717) is 0 Å². The van der Waals surface area contributed by atoms with Crippen LogP contribution in [0.25, 0.3) is 11.4 Å². The van der Waals surface area contributed by atoms with Gasteiger partial charge in [-0.2, -0.15) is 0 Å². The predicted molar refractivity (Wildman–Crippen MR) is 83.6 cm³/mol. The van der Waals surface area contributed by atoms with Crippen LogP contribution in [0.1, 0.15) is 12.1 Å². The summed E-state index contributed by atoms with van der Waals surface area (Å²) in [6.45, 7) is 3.81. The van der Waals surface area contributed by atoms with Gasteiger partial charge < -0.3 is 15.4 Å². The van der Waals surface area contributed by atoms with E-state index in [9.17, 15) is 0 Å². The summed E-state index contributed by atoms with van der Waals surface area (Å²) in [6, 6.07) is 10.1. The topological polar surface area (TPSA) is 64.3 Å². The molecule has 5 nitrogen and oxygen atoms in total. The van der Waals surface area contributed by atoms with Crippen LogP contribution in [-0.4, -0.2) is 36.2 Å². The Morgan fingerprint density at radius 1 is 1.24 bits per heavy atom. The number of anilines is 1. The second-order valence-electron chi connectivity index (χ2n) is 5.41.